The number of carbonyl (C=O) groups is 1. The minimum atomic E-state index is -0.994. The van der Waals surface area contributed by atoms with Crippen molar-refractivity contribution in [2.45, 2.75) is 6.42 Å². The van der Waals surface area contributed by atoms with Crippen LogP contribution in [0.1, 0.15) is 5.56 Å². The van der Waals surface area contributed by atoms with Gasteiger partial charge in [-0.25, -0.2) is 4.98 Å². The number of aliphatic carboxylic acids is 1. The molecule has 1 aromatic heterocycles. The van der Waals surface area contributed by atoms with Gasteiger partial charge in [-0.2, -0.15) is 11.8 Å². The molecule has 0 aliphatic carbocycles. The summed E-state index contributed by atoms with van der Waals surface area (Å²) in [4.78, 5) is 13.0. The summed E-state index contributed by atoms with van der Waals surface area (Å²) in [6.07, 6.45) is 4.62. The lowest BCUT2D eigenvalue weighted by atomic mass is 10.2. The van der Waals surface area contributed by atoms with Gasteiger partial charge >= 0.3 is 0 Å². The van der Waals surface area contributed by atoms with Crippen LogP contribution in [0.5, 0.6) is 0 Å². The van der Waals surface area contributed by atoms with Gasteiger partial charge in [-0.3, -0.25) is 0 Å². The normalized spacial score (nSPS) is 9.85. The maximum Gasteiger partial charge on any atom is 0.167 e. The number of hydrogen-bond acceptors (Lipinski definition) is 3. The Bertz CT molecular complexity index is 264. The Morgan fingerprint density at radius 1 is 1.46 bits per heavy atom. The largest absolute Gasteiger partial charge is 0.549 e. The number of carbonyl (C=O) groups excluding carboxylic acids is 1. The molecule has 0 saturated carbocycles. The molecule has 1 N–H and O–H groups in total. The highest BCUT2D eigenvalue weighted by molar-refractivity contribution is 7.99. The molecule has 70 valence electrons. The number of pyridine rings is 1. The first-order valence-electron chi connectivity index (χ1n) is 4.01. The van der Waals surface area contributed by atoms with Crippen LogP contribution in [-0.2, 0) is 11.2 Å². The van der Waals surface area contributed by atoms with Gasteiger partial charge < -0.3 is 9.90 Å². The van der Waals surface area contributed by atoms with Gasteiger partial charge in [-0.15, -0.1) is 0 Å². The SMILES string of the molecule is O=C([O-])CSCCc1cc[nH+]cc1. The summed E-state index contributed by atoms with van der Waals surface area (Å²) in [5, 5.41) is 10.1. The first-order chi connectivity index (χ1) is 6.29. The number of carboxylic acids is 1. The van der Waals surface area contributed by atoms with Crippen molar-refractivity contribution in [2.24, 2.45) is 0 Å². The number of nitrogens with one attached hydrogen (secondary N) is 1. The highest BCUT2D eigenvalue weighted by Crippen LogP contribution is 2.04. The Morgan fingerprint density at radius 2 is 2.15 bits per heavy atom. The molecule has 0 bridgehead atoms. The number of H-pyrrole nitrogens is 1. The molecule has 0 spiro atoms. The zero-order valence-corrected chi connectivity index (χ0v) is 7.97. The fourth-order valence-electron chi connectivity index (χ4n) is 0.934. The molecule has 0 unspecified atom stereocenters. The standard InChI is InChI=1S/C9H11NO2S/c11-9(12)7-13-6-3-8-1-4-10-5-2-8/h1-2,4-5H,3,6-7H2,(H,11,12). The van der Waals surface area contributed by atoms with Crippen molar-refractivity contribution < 1.29 is 14.9 Å². The molecule has 13 heavy (non-hydrogen) atoms. The molecule has 0 fully saturated rings. The number of aromatic amines is 1. The topological polar surface area (TPSA) is 54.3 Å². The molecule has 1 heterocycles. The van der Waals surface area contributed by atoms with Crippen LogP contribution in [0.3, 0.4) is 0 Å². The first kappa shape index (κ1) is 10.1. The maximum atomic E-state index is 10.1. The Labute approximate surface area is 81.2 Å². The number of thioether (sulfide) groups is 1. The molecule has 0 aromatic carbocycles. The molecular formula is C9H11NO2S. The van der Waals surface area contributed by atoms with Gasteiger partial charge in [-0.1, -0.05) is 0 Å². The lowest BCUT2D eigenvalue weighted by molar-refractivity contribution is -0.378. The minimum Gasteiger partial charge on any atom is -0.549 e. The molecule has 0 aliphatic rings. The fraction of sp³-hybridized carbons (Fsp3) is 0.333. The summed E-state index contributed by atoms with van der Waals surface area (Å²) < 4.78 is 0. The van der Waals surface area contributed by atoms with E-state index >= 15 is 0 Å². The van der Waals surface area contributed by atoms with Crippen LogP contribution in [0.15, 0.2) is 24.5 Å². The van der Waals surface area contributed by atoms with Crippen molar-refractivity contribution in [3.8, 4) is 0 Å². The van der Waals surface area contributed by atoms with Crippen LogP contribution >= 0.6 is 11.8 Å². The van der Waals surface area contributed by atoms with E-state index in [-0.39, 0.29) is 5.75 Å². The third kappa shape index (κ3) is 4.52. The zero-order chi connectivity index (χ0) is 9.52. The maximum absolute atomic E-state index is 10.1. The van der Waals surface area contributed by atoms with E-state index in [1.165, 1.54) is 17.3 Å². The van der Waals surface area contributed by atoms with Crippen molar-refractivity contribution in [1.82, 2.24) is 0 Å². The van der Waals surface area contributed by atoms with E-state index in [1.54, 1.807) is 0 Å². The first-order valence-corrected chi connectivity index (χ1v) is 5.17. The van der Waals surface area contributed by atoms with E-state index < -0.39 is 5.97 Å². The zero-order valence-electron chi connectivity index (χ0n) is 7.16. The van der Waals surface area contributed by atoms with E-state index in [0.717, 1.165) is 12.2 Å². The van der Waals surface area contributed by atoms with E-state index in [9.17, 15) is 9.90 Å². The van der Waals surface area contributed by atoms with Crippen LogP contribution < -0.4 is 10.1 Å². The summed E-state index contributed by atoms with van der Waals surface area (Å²) in [6.45, 7) is 0. The van der Waals surface area contributed by atoms with Crippen LogP contribution in [-0.4, -0.2) is 17.5 Å². The second-order valence-electron chi connectivity index (χ2n) is 2.58. The Morgan fingerprint density at radius 3 is 2.77 bits per heavy atom. The van der Waals surface area contributed by atoms with Crippen LogP contribution in [0, 0.1) is 0 Å². The average Bonchev–Trinajstić information content (AvgIpc) is 2.14. The van der Waals surface area contributed by atoms with E-state index in [4.69, 9.17) is 0 Å². The molecule has 1 aromatic rings. The number of hydrogen-bond donors (Lipinski definition) is 0. The summed E-state index contributed by atoms with van der Waals surface area (Å²) >= 11 is 1.38. The van der Waals surface area contributed by atoms with E-state index in [0.29, 0.717) is 0 Å². The summed E-state index contributed by atoms with van der Waals surface area (Å²) in [6, 6.07) is 3.97. The molecule has 3 nitrogen and oxygen atoms in total. The molecule has 0 saturated heterocycles. The van der Waals surface area contributed by atoms with Crippen molar-refractivity contribution >= 4 is 17.7 Å². The van der Waals surface area contributed by atoms with Crippen LogP contribution in [0.2, 0.25) is 0 Å². The Kier molecular flexibility index (Phi) is 4.32. The second kappa shape index (κ2) is 5.59. The monoisotopic (exact) mass is 197 g/mol. The molecule has 0 radical (unpaired) electrons. The highest BCUT2D eigenvalue weighted by Gasteiger charge is 1.94. The van der Waals surface area contributed by atoms with Crippen molar-refractivity contribution in [3.05, 3.63) is 30.1 Å². The molecular weight excluding hydrogens is 186 g/mol. The van der Waals surface area contributed by atoms with Crippen LogP contribution in [0.25, 0.3) is 0 Å². The van der Waals surface area contributed by atoms with Gasteiger partial charge in [0.1, 0.15) is 0 Å². The molecule has 0 atom stereocenters. The number of aromatic nitrogens is 1. The Balaban J connectivity index is 2.17. The van der Waals surface area contributed by atoms with Gasteiger partial charge in [0.05, 0.1) is 5.97 Å². The summed E-state index contributed by atoms with van der Waals surface area (Å²) in [7, 11) is 0. The molecule has 0 amide bonds. The quantitative estimate of drug-likeness (QED) is 0.599. The molecule has 0 aliphatic heterocycles. The third-order valence-electron chi connectivity index (χ3n) is 1.54. The molecule has 1 rings (SSSR count). The van der Waals surface area contributed by atoms with Crippen molar-refractivity contribution in [1.29, 1.82) is 0 Å². The lowest BCUT2D eigenvalue weighted by Crippen LogP contribution is -2.24. The Hall–Kier alpha value is -1.03. The smallest absolute Gasteiger partial charge is 0.167 e. The predicted octanol–water partition coefficient (Wildman–Crippen LogP) is -0.474. The van der Waals surface area contributed by atoms with Crippen molar-refractivity contribution in [3.63, 3.8) is 0 Å². The number of carboxylic acid groups (broad SMARTS) is 1. The van der Waals surface area contributed by atoms with Gasteiger partial charge in [0, 0.05) is 17.9 Å². The van der Waals surface area contributed by atoms with Gasteiger partial charge in [0.2, 0.25) is 0 Å². The van der Waals surface area contributed by atoms with Crippen molar-refractivity contribution in [2.75, 3.05) is 11.5 Å². The lowest BCUT2D eigenvalue weighted by Gasteiger charge is -2.01. The molecule has 4 heteroatoms. The minimum absolute atomic E-state index is 0.0823. The number of rotatable bonds is 5. The summed E-state index contributed by atoms with van der Waals surface area (Å²) in [5.41, 5.74) is 1.21. The fourth-order valence-corrected chi connectivity index (χ4v) is 1.62. The van der Waals surface area contributed by atoms with E-state index in [2.05, 4.69) is 4.98 Å². The van der Waals surface area contributed by atoms with E-state index in [1.807, 2.05) is 24.5 Å². The average molecular weight is 197 g/mol. The van der Waals surface area contributed by atoms with Gasteiger partial charge in [-0.05, 0) is 17.7 Å². The van der Waals surface area contributed by atoms with Gasteiger partial charge in [0.25, 0.3) is 0 Å². The predicted molar refractivity (Wildman–Crippen MR) is 49.0 cm³/mol. The highest BCUT2D eigenvalue weighted by atomic mass is 32.2. The van der Waals surface area contributed by atoms with Crippen LogP contribution in [0.4, 0.5) is 0 Å². The third-order valence-corrected chi connectivity index (χ3v) is 2.47. The number of aryl methyl sites for hydroxylation is 1. The summed E-state index contributed by atoms with van der Waals surface area (Å²) in [5.74, 6) is -0.0943. The second-order valence-corrected chi connectivity index (χ2v) is 3.69. The van der Waals surface area contributed by atoms with Gasteiger partial charge in [0.15, 0.2) is 12.4 Å².